The van der Waals surface area contributed by atoms with E-state index in [0.29, 0.717) is 5.56 Å². The number of benzene rings is 2. The van der Waals surface area contributed by atoms with Crippen LogP contribution in [0.5, 0.6) is 0 Å². The van der Waals surface area contributed by atoms with Crippen molar-refractivity contribution in [2.24, 2.45) is 0 Å². The number of rotatable bonds is 4. The van der Waals surface area contributed by atoms with Gasteiger partial charge in [-0.05, 0) is 31.2 Å². The average molecular weight is 346 g/mol. The molecule has 0 fully saturated rings. The highest BCUT2D eigenvalue weighted by Crippen LogP contribution is 2.32. The first kappa shape index (κ1) is 16.2. The van der Waals surface area contributed by atoms with Gasteiger partial charge in [0.25, 0.3) is 0 Å². The standard InChI is InChI=1S/C17H15FN2O3S/c1-11-7-9-12(10-8-11)15-20-17(16(19-2)23-15)24(21,22)14-6-4-3-5-13(14)18/h3-10,19H,1-2H3. The first-order valence-corrected chi connectivity index (χ1v) is 8.67. The molecule has 1 heterocycles. The fourth-order valence-corrected chi connectivity index (χ4v) is 3.61. The maximum absolute atomic E-state index is 13.9. The summed E-state index contributed by atoms with van der Waals surface area (Å²) in [6, 6.07) is 12.5. The first-order valence-electron chi connectivity index (χ1n) is 7.18. The Bertz CT molecular complexity index is 979. The van der Waals surface area contributed by atoms with Gasteiger partial charge in [0.15, 0.2) is 0 Å². The minimum Gasteiger partial charge on any atom is -0.419 e. The summed E-state index contributed by atoms with van der Waals surface area (Å²) in [6.45, 7) is 1.94. The molecule has 0 unspecified atom stereocenters. The molecule has 0 bridgehead atoms. The molecule has 1 N–H and O–H groups in total. The summed E-state index contributed by atoms with van der Waals surface area (Å²) in [5.74, 6) is -0.720. The van der Waals surface area contributed by atoms with E-state index in [0.717, 1.165) is 11.6 Å². The van der Waals surface area contributed by atoms with Crippen molar-refractivity contribution in [2.75, 3.05) is 12.4 Å². The number of nitrogens with one attached hydrogen (secondary N) is 1. The number of sulfone groups is 1. The monoisotopic (exact) mass is 346 g/mol. The van der Waals surface area contributed by atoms with Crippen LogP contribution in [0.2, 0.25) is 0 Å². The van der Waals surface area contributed by atoms with Crippen LogP contribution in [0.25, 0.3) is 11.5 Å². The SMILES string of the molecule is CNc1oc(-c2ccc(C)cc2)nc1S(=O)(=O)c1ccccc1F. The van der Waals surface area contributed by atoms with E-state index in [1.807, 2.05) is 19.1 Å². The maximum atomic E-state index is 13.9. The van der Waals surface area contributed by atoms with E-state index in [2.05, 4.69) is 10.3 Å². The largest absolute Gasteiger partial charge is 0.419 e. The third-order valence-corrected chi connectivity index (χ3v) is 5.20. The fourth-order valence-electron chi connectivity index (χ4n) is 2.23. The zero-order valence-corrected chi connectivity index (χ0v) is 13.9. The van der Waals surface area contributed by atoms with Crippen molar-refractivity contribution in [3.05, 3.63) is 59.9 Å². The lowest BCUT2D eigenvalue weighted by molar-refractivity contribution is 0.562. The van der Waals surface area contributed by atoms with Crippen LogP contribution in [0, 0.1) is 12.7 Å². The van der Waals surface area contributed by atoms with E-state index in [-0.39, 0.29) is 16.8 Å². The second-order valence-electron chi connectivity index (χ2n) is 5.20. The van der Waals surface area contributed by atoms with Crippen LogP contribution in [-0.4, -0.2) is 20.4 Å². The minimum atomic E-state index is -4.15. The Labute approximate surface area is 139 Å². The van der Waals surface area contributed by atoms with E-state index >= 15 is 0 Å². The second-order valence-corrected chi connectivity index (χ2v) is 7.04. The van der Waals surface area contributed by atoms with Gasteiger partial charge in [-0.25, -0.2) is 12.8 Å². The van der Waals surface area contributed by atoms with E-state index in [9.17, 15) is 12.8 Å². The Morgan fingerprint density at radius 1 is 1.08 bits per heavy atom. The molecule has 0 aliphatic rings. The van der Waals surface area contributed by atoms with Gasteiger partial charge in [-0.1, -0.05) is 29.8 Å². The summed E-state index contributed by atoms with van der Waals surface area (Å²) < 4.78 is 44.9. The number of aromatic nitrogens is 1. The van der Waals surface area contributed by atoms with E-state index < -0.39 is 20.5 Å². The molecule has 24 heavy (non-hydrogen) atoms. The zero-order valence-electron chi connectivity index (χ0n) is 13.1. The molecule has 0 amide bonds. The van der Waals surface area contributed by atoms with E-state index in [1.165, 1.54) is 25.2 Å². The molecule has 7 heteroatoms. The minimum absolute atomic E-state index is 0.0335. The average Bonchev–Trinajstić information content (AvgIpc) is 3.01. The van der Waals surface area contributed by atoms with Gasteiger partial charge < -0.3 is 9.73 Å². The summed E-state index contributed by atoms with van der Waals surface area (Å²) in [4.78, 5) is 3.65. The molecule has 0 atom stereocenters. The Morgan fingerprint density at radius 3 is 2.38 bits per heavy atom. The van der Waals surface area contributed by atoms with Crippen molar-refractivity contribution >= 4 is 15.7 Å². The molecule has 1 aromatic heterocycles. The lowest BCUT2D eigenvalue weighted by atomic mass is 10.1. The number of aryl methyl sites for hydroxylation is 1. The van der Waals surface area contributed by atoms with Crippen LogP contribution < -0.4 is 5.32 Å². The van der Waals surface area contributed by atoms with Crippen molar-refractivity contribution in [3.63, 3.8) is 0 Å². The van der Waals surface area contributed by atoms with Crippen molar-refractivity contribution < 1.29 is 17.2 Å². The normalized spacial score (nSPS) is 11.5. The highest BCUT2D eigenvalue weighted by Gasteiger charge is 2.30. The van der Waals surface area contributed by atoms with Gasteiger partial charge in [0.05, 0.1) is 0 Å². The molecule has 0 saturated heterocycles. The van der Waals surface area contributed by atoms with Crippen LogP contribution in [-0.2, 0) is 9.84 Å². The second kappa shape index (κ2) is 6.09. The van der Waals surface area contributed by atoms with Crippen LogP contribution in [0.4, 0.5) is 10.3 Å². The molecule has 0 aliphatic carbocycles. The van der Waals surface area contributed by atoms with Crippen LogP contribution in [0.15, 0.2) is 62.9 Å². The first-order chi connectivity index (χ1) is 11.4. The predicted molar refractivity (Wildman–Crippen MR) is 88.1 cm³/mol. The summed E-state index contributed by atoms with van der Waals surface area (Å²) >= 11 is 0. The molecule has 124 valence electrons. The number of hydrogen-bond donors (Lipinski definition) is 1. The number of nitrogens with zero attached hydrogens (tertiary/aromatic N) is 1. The number of oxazole rings is 1. The topological polar surface area (TPSA) is 72.2 Å². The molecular weight excluding hydrogens is 331 g/mol. The van der Waals surface area contributed by atoms with Gasteiger partial charge in [-0.2, -0.15) is 4.98 Å². The number of anilines is 1. The highest BCUT2D eigenvalue weighted by atomic mass is 32.2. The Kier molecular flexibility index (Phi) is 4.11. The summed E-state index contributed by atoms with van der Waals surface area (Å²) in [5, 5.41) is 2.32. The molecule has 3 rings (SSSR count). The summed E-state index contributed by atoms with van der Waals surface area (Å²) in [5.41, 5.74) is 1.69. The molecular formula is C17H15FN2O3S. The molecule has 0 saturated carbocycles. The quantitative estimate of drug-likeness (QED) is 0.780. The van der Waals surface area contributed by atoms with Crippen LogP contribution in [0.1, 0.15) is 5.56 Å². The van der Waals surface area contributed by atoms with Gasteiger partial charge in [-0.15, -0.1) is 0 Å². The van der Waals surface area contributed by atoms with Gasteiger partial charge in [0.1, 0.15) is 10.7 Å². The van der Waals surface area contributed by atoms with Crippen LogP contribution in [0.3, 0.4) is 0 Å². The molecule has 3 aromatic rings. The lowest BCUT2D eigenvalue weighted by Gasteiger charge is -2.03. The molecule has 0 radical (unpaired) electrons. The Morgan fingerprint density at radius 2 is 1.75 bits per heavy atom. The van der Waals surface area contributed by atoms with E-state index in [4.69, 9.17) is 4.42 Å². The van der Waals surface area contributed by atoms with Crippen LogP contribution >= 0.6 is 0 Å². The van der Waals surface area contributed by atoms with E-state index in [1.54, 1.807) is 12.1 Å². The third-order valence-electron chi connectivity index (χ3n) is 3.50. The summed E-state index contributed by atoms with van der Waals surface area (Å²) in [6.07, 6.45) is 0. The smallest absolute Gasteiger partial charge is 0.233 e. The summed E-state index contributed by atoms with van der Waals surface area (Å²) in [7, 11) is -2.64. The Hall–Kier alpha value is -2.67. The van der Waals surface area contributed by atoms with Crippen molar-refractivity contribution in [2.45, 2.75) is 16.8 Å². The Balaban J connectivity index is 2.15. The maximum Gasteiger partial charge on any atom is 0.233 e. The highest BCUT2D eigenvalue weighted by molar-refractivity contribution is 7.91. The number of hydrogen-bond acceptors (Lipinski definition) is 5. The molecule has 2 aromatic carbocycles. The predicted octanol–water partition coefficient (Wildman–Crippen LogP) is 3.66. The van der Waals surface area contributed by atoms with Gasteiger partial charge in [0, 0.05) is 12.6 Å². The third kappa shape index (κ3) is 2.78. The van der Waals surface area contributed by atoms with Crippen molar-refractivity contribution in [1.29, 1.82) is 0 Å². The molecule has 0 aliphatic heterocycles. The fraction of sp³-hybridized carbons (Fsp3) is 0.118. The molecule has 0 spiro atoms. The number of halogens is 1. The van der Waals surface area contributed by atoms with Gasteiger partial charge in [0.2, 0.25) is 26.6 Å². The lowest BCUT2D eigenvalue weighted by Crippen LogP contribution is -2.07. The van der Waals surface area contributed by atoms with Crippen molar-refractivity contribution in [1.82, 2.24) is 4.98 Å². The van der Waals surface area contributed by atoms with Crippen molar-refractivity contribution in [3.8, 4) is 11.5 Å². The molecule has 5 nitrogen and oxygen atoms in total. The van der Waals surface area contributed by atoms with Gasteiger partial charge in [-0.3, -0.25) is 0 Å². The van der Waals surface area contributed by atoms with Gasteiger partial charge >= 0.3 is 0 Å². The zero-order chi connectivity index (χ0) is 17.3.